The third-order valence-corrected chi connectivity index (χ3v) is 6.59. The van der Waals surface area contributed by atoms with Crippen LogP contribution in [-0.4, -0.2) is 90.8 Å². The van der Waals surface area contributed by atoms with Crippen LogP contribution in [0.15, 0.2) is 0 Å². The Morgan fingerprint density at radius 3 is 2.08 bits per heavy atom. The predicted octanol–water partition coefficient (Wildman–Crippen LogP) is -1.93. The Kier molecular flexibility index (Phi) is 11.6. The lowest BCUT2D eigenvalue weighted by molar-refractivity contribution is -0.148. The Labute approximate surface area is 143 Å². The molecule has 0 radical (unpaired) electrons. The first-order valence-corrected chi connectivity index (χ1v) is 10.6. The van der Waals surface area contributed by atoms with Crippen molar-refractivity contribution in [3.63, 3.8) is 0 Å². The van der Waals surface area contributed by atoms with E-state index < -0.39 is 45.5 Å². The Bertz CT molecular complexity index is 354. The molecule has 0 aromatic heterocycles. The summed E-state index contributed by atoms with van der Waals surface area (Å²) in [6.45, 7) is 6.24. The minimum absolute atomic E-state index is 0.240. The molecule has 0 rings (SSSR count). The van der Waals surface area contributed by atoms with Gasteiger partial charge in [-0.3, -0.25) is 4.79 Å². The van der Waals surface area contributed by atoms with E-state index in [4.69, 9.17) is 14.0 Å². The lowest BCUT2D eigenvalue weighted by Crippen LogP contribution is -2.51. The van der Waals surface area contributed by atoms with Crippen molar-refractivity contribution < 1.29 is 39.2 Å². The van der Waals surface area contributed by atoms with E-state index >= 15 is 0 Å². The maximum absolute atomic E-state index is 11.7. The van der Waals surface area contributed by atoms with Gasteiger partial charge in [-0.15, -0.1) is 0 Å². The number of rotatable bonds is 13. The van der Waals surface area contributed by atoms with Crippen molar-refractivity contribution >= 4 is 14.5 Å². The van der Waals surface area contributed by atoms with Crippen molar-refractivity contribution in [3.05, 3.63) is 0 Å². The molecule has 0 spiro atoms. The maximum atomic E-state index is 11.7. The van der Waals surface area contributed by atoms with Crippen LogP contribution in [0.4, 0.5) is 0 Å². The van der Waals surface area contributed by atoms with Crippen LogP contribution in [0.3, 0.4) is 0 Å². The van der Waals surface area contributed by atoms with E-state index in [0.717, 1.165) is 0 Å². The molecule has 0 aliphatic rings. The molecule has 0 bridgehead atoms. The molecule has 0 aliphatic carbocycles. The number of aliphatic hydroxyl groups excluding tert-OH is 5. The smallest absolute Gasteiger partial charge is 0.334 e. The fourth-order valence-corrected chi connectivity index (χ4v) is 4.61. The average molecular weight is 369 g/mol. The first-order valence-electron chi connectivity index (χ1n) is 8.11. The van der Waals surface area contributed by atoms with Crippen LogP contribution >= 0.6 is 0 Å². The van der Waals surface area contributed by atoms with E-state index in [9.17, 15) is 25.2 Å². The molecule has 0 aromatic rings. The molecule has 0 aromatic carbocycles. The second-order valence-corrected chi connectivity index (χ2v) is 8.92. The zero-order chi connectivity index (χ0) is 18.8. The van der Waals surface area contributed by atoms with Gasteiger partial charge in [0.25, 0.3) is 5.91 Å². The standard InChI is InChI=1S/C14H31NO8Si/c1-4-22-24(3,23-5-2)8-6-7-15-14(21)13(20)12(19)11(18)10(17)9-16/h10-13,16-20H,4-9H2,1-3H3,(H,15,21)/t10-,11-,12+,13-/m1/s1. The molecule has 0 aliphatic heterocycles. The summed E-state index contributed by atoms with van der Waals surface area (Å²) >= 11 is 0. The molecular weight excluding hydrogens is 338 g/mol. The summed E-state index contributed by atoms with van der Waals surface area (Å²) in [5.74, 6) is -0.872. The number of nitrogens with one attached hydrogen (secondary N) is 1. The highest BCUT2D eigenvalue weighted by atomic mass is 28.4. The van der Waals surface area contributed by atoms with Crippen LogP contribution in [0.2, 0.25) is 12.6 Å². The molecule has 10 heteroatoms. The lowest BCUT2D eigenvalue weighted by Gasteiger charge is -2.26. The SMILES string of the molecule is CCO[Si](C)(CCCNC(=O)[C@H](O)[C@@H](O)[C@H](O)[C@H](O)CO)OCC. The molecule has 0 unspecified atom stereocenters. The summed E-state index contributed by atoms with van der Waals surface area (Å²) in [5, 5.41) is 49.1. The van der Waals surface area contributed by atoms with Gasteiger partial charge in [-0.1, -0.05) is 0 Å². The molecule has 0 saturated carbocycles. The highest BCUT2D eigenvalue weighted by molar-refractivity contribution is 6.66. The summed E-state index contributed by atoms with van der Waals surface area (Å²) in [6, 6.07) is 0.652. The molecule has 24 heavy (non-hydrogen) atoms. The van der Waals surface area contributed by atoms with Crippen molar-refractivity contribution in [2.45, 2.75) is 57.3 Å². The number of hydrogen-bond acceptors (Lipinski definition) is 8. The molecule has 4 atom stereocenters. The van der Waals surface area contributed by atoms with Gasteiger partial charge in [0.2, 0.25) is 0 Å². The Morgan fingerprint density at radius 1 is 1.08 bits per heavy atom. The highest BCUT2D eigenvalue weighted by Crippen LogP contribution is 2.15. The fourth-order valence-electron chi connectivity index (χ4n) is 2.20. The van der Waals surface area contributed by atoms with E-state index in [1.54, 1.807) is 0 Å². The fraction of sp³-hybridized carbons (Fsp3) is 0.929. The maximum Gasteiger partial charge on any atom is 0.334 e. The summed E-state index contributed by atoms with van der Waals surface area (Å²) in [6.07, 6.45) is -6.73. The number of carbonyl (C=O) groups is 1. The zero-order valence-electron chi connectivity index (χ0n) is 14.5. The van der Waals surface area contributed by atoms with Gasteiger partial charge in [0.05, 0.1) is 6.61 Å². The van der Waals surface area contributed by atoms with Gasteiger partial charge in [0.15, 0.2) is 6.10 Å². The van der Waals surface area contributed by atoms with Crippen LogP contribution in [-0.2, 0) is 13.6 Å². The van der Waals surface area contributed by atoms with Crippen molar-refractivity contribution in [1.82, 2.24) is 5.32 Å². The van der Waals surface area contributed by atoms with Gasteiger partial charge in [0.1, 0.15) is 18.3 Å². The quantitative estimate of drug-likeness (QED) is 0.162. The normalized spacial score (nSPS) is 17.2. The second kappa shape index (κ2) is 11.9. The molecule has 144 valence electrons. The van der Waals surface area contributed by atoms with Gasteiger partial charge in [-0.05, 0) is 32.9 Å². The predicted molar refractivity (Wildman–Crippen MR) is 88.4 cm³/mol. The molecule has 9 nitrogen and oxygen atoms in total. The van der Waals surface area contributed by atoms with E-state index in [0.29, 0.717) is 25.7 Å². The summed E-state index contributed by atoms with van der Waals surface area (Å²) in [7, 11) is -2.27. The van der Waals surface area contributed by atoms with E-state index in [-0.39, 0.29) is 6.54 Å². The van der Waals surface area contributed by atoms with Gasteiger partial charge in [-0.2, -0.15) is 0 Å². The summed E-state index contributed by atoms with van der Waals surface area (Å²) in [5.41, 5.74) is 0. The third kappa shape index (κ3) is 7.99. The number of aliphatic hydroxyl groups is 5. The Morgan fingerprint density at radius 2 is 1.62 bits per heavy atom. The van der Waals surface area contributed by atoms with Crippen molar-refractivity contribution in [1.29, 1.82) is 0 Å². The Hall–Kier alpha value is -0.593. The number of hydrogen-bond donors (Lipinski definition) is 6. The second-order valence-electron chi connectivity index (χ2n) is 5.57. The minimum Gasteiger partial charge on any atom is -0.395 e. The minimum atomic E-state index is -2.27. The summed E-state index contributed by atoms with van der Waals surface area (Å²) < 4.78 is 11.3. The van der Waals surface area contributed by atoms with Crippen molar-refractivity contribution in [2.24, 2.45) is 0 Å². The molecular formula is C14H31NO8Si. The summed E-state index contributed by atoms with van der Waals surface area (Å²) in [4.78, 5) is 11.7. The largest absolute Gasteiger partial charge is 0.395 e. The van der Waals surface area contributed by atoms with Gasteiger partial charge in [0, 0.05) is 19.8 Å². The lowest BCUT2D eigenvalue weighted by atomic mass is 10.0. The molecule has 1 amide bonds. The van der Waals surface area contributed by atoms with E-state index in [1.165, 1.54) is 0 Å². The van der Waals surface area contributed by atoms with Crippen LogP contribution < -0.4 is 5.32 Å². The van der Waals surface area contributed by atoms with E-state index in [1.807, 2.05) is 20.4 Å². The number of carbonyl (C=O) groups excluding carboxylic acids is 1. The molecule has 6 N–H and O–H groups in total. The highest BCUT2D eigenvalue weighted by Gasteiger charge is 2.34. The Balaban J connectivity index is 4.29. The third-order valence-electron chi connectivity index (χ3n) is 3.53. The van der Waals surface area contributed by atoms with Crippen molar-refractivity contribution in [3.8, 4) is 0 Å². The van der Waals surface area contributed by atoms with Crippen LogP contribution in [0.1, 0.15) is 20.3 Å². The zero-order valence-corrected chi connectivity index (χ0v) is 15.5. The monoisotopic (exact) mass is 369 g/mol. The number of amides is 1. The van der Waals surface area contributed by atoms with Crippen LogP contribution in [0, 0.1) is 0 Å². The topological polar surface area (TPSA) is 149 Å². The van der Waals surface area contributed by atoms with Gasteiger partial charge >= 0.3 is 8.56 Å². The van der Waals surface area contributed by atoms with Crippen LogP contribution in [0.25, 0.3) is 0 Å². The van der Waals surface area contributed by atoms with E-state index in [2.05, 4.69) is 5.32 Å². The van der Waals surface area contributed by atoms with Gasteiger partial charge < -0.3 is 39.7 Å². The molecule has 0 heterocycles. The van der Waals surface area contributed by atoms with Crippen LogP contribution in [0.5, 0.6) is 0 Å². The first-order chi connectivity index (χ1) is 11.2. The molecule has 0 fully saturated rings. The van der Waals surface area contributed by atoms with Crippen molar-refractivity contribution in [2.75, 3.05) is 26.4 Å². The average Bonchev–Trinajstić information content (AvgIpc) is 2.56. The van der Waals surface area contributed by atoms with Gasteiger partial charge in [-0.25, -0.2) is 0 Å². The first kappa shape index (κ1) is 23.4. The molecule has 0 saturated heterocycles.